The Balaban J connectivity index is 2.05. The predicted octanol–water partition coefficient (Wildman–Crippen LogP) is 2.80. The molecule has 0 bridgehead atoms. The normalized spacial score (nSPS) is 10.9. The molecule has 0 aliphatic heterocycles. The van der Waals surface area contributed by atoms with Crippen molar-refractivity contribution in [3.63, 3.8) is 0 Å². The van der Waals surface area contributed by atoms with E-state index in [2.05, 4.69) is 5.16 Å². The summed E-state index contributed by atoms with van der Waals surface area (Å²) in [5, 5.41) is 4.83. The lowest BCUT2D eigenvalue weighted by Gasteiger charge is -2.02. The minimum atomic E-state index is 0.618. The molecule has 0 spiro atoms. The molecule has 90 valence electrons. The number of nitrogens with zero attached hydrogens (tertiary/aromatic N) is 2. The molecule has 2 heterocycles. The van der Waals surface area contributed by atoms with Crippen LogP contribution in [0.1, 0.15) is 21.8 Å². The summed E-state index contributed by atoms with van der Waals surface area (Å²) in [7, 11) is 0. The first-order chi connectivity index (χ1) is 8.78. The van der Waals surface area contributed by atoms with E-state index in [9.17, 15) is 4.79 Å². The minimum Gasteiger partial charge on any atom is -0.359 e. The molecule has 0 radical (unpaired) electrons. The Morgan fingerprint density at radius 3 is 3.00 bits per heavy atom. The lowest BCUT2D eigenvalue weighted by atomic mass is 10.1. The fourth-order valence-electron chi connectivity index (χ4n) is 2.15. The Labute approximate surface area is 104 Å². The number of rotatable bonds is 3. The summed E-state index contributed by atoms with van der Waals surface area (Å²) in [4.78, 5) is 11.0. The van der Waals surface area contributed by atoms with Gasteiger partial charge in [0, 0.05) is 28.7 Å². The monoisotopic (exact) mass is 240 g/mol. The van der Waals surface area contributed by atoms with Crippen LogP contribution >= 0.6 is 0 Å². The van der Waals surface area contributed by atoms with E-state index in [4.69, 9.17) is 4.52 Å². The molecule has 4 nitrogen and oxygen atoms in total. The minimum absolute atomic E-state index is 0.618. The van der Waals surface area contributed by atoms with Crippen molar-refractivity contribution >= 4 is 17.2 Å². The second kappa shape index (κ2) is 4.14. The van der Waals surface area contributed by atoms with E-state index in [0.29, 0.717) is 12.1 Å². The first-order valence-corrected chi connectivity index (χ1v) is 5.73. The molecule has 0 aliphatic carbocycles. The molecule has 0 aliphatic rings. The molecule has 0 saturated heterocycles. The smallest absolute Gasteiger partial charge is 0.156 e. The van der Waals surface area contributed by atoms with Crippen molar-refractivity contribution in [3.05, 3.63) is 53.5 Å². The SMILES string of the molecule is Cc1cc(Cn2ccc3c(C=O)cccc32)on1. The second-order valence-electron chi connectivity index (χ2n) is 4.28. The van der Waals surface area contributed by atoms with Crippen LogP contribution in [-0.2, 0) is 6.54 Å². The topological polar surface area (TPSA) is 48.0 Å². The van der Waals surface area contributed by atoms with Crippen LogP contribution in [0.2, 0.25) is 0 Å². The number of carbonyl (C=O) groups is 1. The maximum atomic E-state index is 11.0. The third-order valence-electron chi connectivity index (χ3n) is 2.98. The van der Waals surface area contributed by atoms with Gasteiger partial charge in [-0.3, -0.25) is 4.79 Å². The van der Waals surface area contributed by atoms with E-state index in [1.807, 2.05) is 48.0 Å². The van der Waals surface area contributed by atoms with Gasteiger partial charge in [-0.15, -0.1) is 0 Å². The molecule has 0 saturated carbocycles. The number of fused-ring (bicyclic) bond motifs is 1. The average molecular weight is 240 g/mol. The molecule has 0 amide bonds. The predicted molar refractivity (Wildman–Crippen MR) is 67.7 cm³/mol. The van der Waals surface area contributed by atoms with Crippen molar-refractivity contribution < 1.29 is 9.32 Å². The van der Waals surface area contributed by atoms with Gasteiger partial charge in [0.05, 0.1) is 12.2 Å². The van der Waals surface area contributed by atoms with Crippen LogP contribution in [-0.4, -0.2) is 16.0 Å². The van der Waals surface area contributed by atoms with Gasteiger partial charge in [-0.25, -0.2) is 0 Å². The van der Waals surface area contributed by atoms with Crippen molar-refractivity contribution in [3.8, 4) is 0 Å². The third kappa shape index (κ3) is 1.72. The summed E-state index contributed by atoms with van der Waals surface area (Å²) in [5.74, 6) is 0.807. The molecule has 2 aromatic heterocycles. The van der Waals surface area contributed by atoms with Gasteiger partial charge in [-0.1, -0.05) is 17.3 Å². The van der Waals surface area contributed by atoms with Crippen LogP contribution in [0, 0.1) is 6.92 Å². The molecule has 4 heteroatoms. The zero-order valence-corrected chi connectivity index (χ0v) is 9.96. The van der Waals surface area contributed by atoms with E-state index >= 15 is 0 Å². The maximum Gasteiger partial charge on any atom is 0.156 e. The number of carbonyl (C=O) groups excluding carboxylic acids is 1. The fraction of sp³-hybridized carbons (Fsp3) is 0.143. The molecule has 0 atom stereocenters. The highest BCUT2D eigenvalue weighted by atomic mass is 16.5. The Kier molecular flexibility index (Phi) is 2.48. The quantitative estimate of drug-likeness (QED) is 0.661. The summed E-state index contributed by atoms with van der Waals surface area (Å²) in [6.45, 7) is 2.51. The van der Waals surface area contributed by atoms with Crippen LogP contribution in [0.3, 0.4) is 0 Å². The van der Waals surface area contributed by atoms with E-state index in [-0.39, 0.29) is 0 Å². The van der Waals surface area contributed by atoms with Gasteiger partial charge in [-0.05, 0) is 19.1 Å². The standard InChI is InChI=1S/C14H12N2O2/c1-10-7-12(18-15-10)8-16-6-5-13-11(9-17)3-2-4-14(13)16/h2-7,9H,8H2,1H3. The number of aromatic nitrogens is 2. The highest BCUT2D eigenvalue weighted by molar-refractivity contribution is 5.97. The van der Waals surface area contributed by atoms with Crippen molar-refractivity contribution in [1.82, 2.24) is 9.72 Å². The van der Waals surface area contributed by atoms with Gasteiger partial charge >= 0.3 is 0 Å². The maximum absolute atomic E-state index is 11.0. The van der Waals surface area contributed by atoms with Crippen LogP contribution in [0.4, 0.5) is 0 Å². The van der Waals surface area contributed by atoms with Gasteiger partial charge in [0.15, 0.2) is 12.0 Å². The van der Waals surface area contributed by atoms with Crippen LogP contribution in [0.25, 0.3) is 10.9 Å². The molecule has 0 unspecified atom stereocenters. The summed E-state index contributed by atoms with van der Waals surface area (Å²) >= 11 is 0. The van der Waals surface area contributed by atoms with E-state index < -0.39 is 0 Å². The van der Waals surface area contributed by atoms with Gasteiger partial charge in [0.1, 0.15) is 0 Å². The Morgan fingerprint density at radius 2 is 2.28 bits per heavy atom. The molecule has 1 aromatic carbocycles. The highest BCUT2D eigenvalue weighted by Crippen LogP contribution is 2.20. The van der Waals surface area contributed by atoms with Gasteiger partial charge in [0.2, 0.25) is 0 Å². The van der Waals surface area contributed by atoms with E-state index in [0.717, 1.165) is 28.6 Å². The van der Waals surface area contributed by atoms with E-state index in [1.54, 1.807) is 0 Å². The van der Waals surface area contributed by atoms with Crippen LogP contribution in [0.5, 0.6) is 0 Å². The summed E-state index contributed by atoms with van der Waals surface area (Å²) in [6.07, 6.45) is 2.83. The fourth-order valence-corrected chi connectivity index (χ4v) is 2.15. The summed E-state index contributed by atoms with van der Waals surface area (Å²) < 4.78 is 7.25. The summed E-state index contributed by atoms with van der Waals surface area (Å²) in [6, 6.07) is 9.55. The lowest BCUT2D eigenvalue weighted by molar-refractivity contribution is 0.112. The summed E-state index contributed by atoms with van der Waals surface area (Å²) in [5.41, 5.74) is 2.60. The zero-order valence-electron chi connectivity index (χ0n) is 9.96. The molecular weight excluding hydrogens is 228 g/mol. The van der Waals surface area contributed by atoms with Gasteiger partial charge < -0.3 is 9.09 Å². The number of benzene rings is 1. The number of hydrogen-bond acceptors (Lipinski definition) is 3. The molecule has 0 fully saturated rings. The second-order valence-corrected chi connectivity index (χ2v) is 4.28. The first-order valence-electron chi connectivity index (χ1n) is 5.73. The molecular formula is C14H12N2O2. The van der Waals surface area contributed by atoms with Gasteiger partial charge in [0.25, 0.3) is 0 Å². The van der Waals surface area contributed by atoms with Gasteiger partial charge in [-0.2, -0.15) is 0 Å². The number of hydrogen-bond donors (Lipinski definition) is 0. The van der Waals surface area contributed by atoms with E-state index in [1.165, 1.54) is 0 Å². The third-order valence-corrected chi connectivity index (χ3v) is 2.98. The van der Waals surface area contributed by atoms with Crippen molar-refractivity contribution in [1.29, 1.82) is 0 Å². The Hall–Kier alpha value is -2.36. The molecule has 18 heavy (non-hydrogen) atoms. The average Bonchev–Trinajstić information content (AvgIpc) is 2.97. The Morgan fingerprint density at radius 1 is 1.39 bits per heavy atom. The Bertz CT molecular complexity index is 709. The first kappa shape index (κ1) is 10.8. The molecule has 3 aromatic rings. The van der Waals surface area contributed by atoms with Crippen molar-refractivity contribution in [2.45, 2.75) is 13.5 Å². The largest absolute Gasteiger partial charge is 0.359 e. The number of aryl methyl sites for hydroxylation is 1. The van der Waals surface area contributed by atoms with Crippen molar-refractivity contribution in [2.75, 3.05) is 0 Å². The number of aldehydes is 1. The zero-order chi connectivity index (χ0) is 12.5. The van der Waals surface area contributed by atoms with Crippen molar-refractivity contribution in [2.24, 2.45) is 0 Å². The van der Waals surface area contributed by atoms with Crippen LogP contribution < -0.4 is 0 Å². The molecule has 3 rings (SSSR count). The lowest BCUT2D eigenvalue weighted by Crippen LogP contribution is -1.96. The van der Waals surface area contributed by atoms with Crippen LogP contribution in [0.15, 0.2) is 41.1 Å². The highest BCUT2D eigenvalue weighted by Gasteiger charge is 2.07. The molecule has 0 N–H and O–H groups in total.